The largest absolute Gasteiger partial charge is 0.342 e. The van der Waals surface area contributed by atoms with Crippen molar-refractivity contribution in [3.05, 3.63) is 35.4 Å². The van der Waals surface area contributed by atoms with E-state index in [0.717, 1.165) is 37.9 Å². The molecule has 3 heteroatoms. The SMILES string of the molecule is CCc1ccc(C(C)(C)C(=O)N2CCC(N)CC2)cc1. The Kier molecular flexibility index (Phi) is 4.48. The van der Waals surface area contributed by atoms with E-state index in [1.54, 1.807) is 0 Å². The number of aryl methyl sites for hydroxylation is 1. The van der Waals surface area contributed by atoms with Crippen molar-refractivity contribution in [1.82, 2.24) is 4.90 Å². The molecule has 2 N–H and O–H groups in total. The Labute approximate surface area is 122 Å². The van der Waals surface area contributed by atoms with Gasteiger partial charge in [-0.05, 0) is 44.2 Å². The number of hydrogen-bond donors (Lipinski definition) is 1. The van der Waals surface area contributed by atoms with Crippen molar-refractivity contribution in [2.75, 3.05) is 13.1 Å². The highest BCUT2D eigenvalue weighted by Gasteiger charge is 2.34. The van der Waals surface area contributed by atoms with E-state index in [4.69, 9.17) is 5.73 Å². The molecule has 1 amide bonds. The summed E-state index contributed by atoms with van der Waals surface area (Å²) in [7, 11) is 0. The number of piperidine rings is 1. The third-order valence-corrected chi connectivity index (χ3v) is 4.45. The van der Waals surface area contributed by atoms with Gasteiger partial charge in [0.1, 0.15) is 0 Å². The molecule has 0 aromatic heterocycles. The van der Waals surface area contributed by atoms with Crippen molar-refractivity contribution in [3.63, 3.8) is 0 Å². The van der Waals surface area contributed by atoms with Crippen molar-refractivity contribution in [3.8, 4) is 0 Å². The molecule has 1 aromatic carbocycles. The van der Waals surface area contributed by atoms with Gasteiger partial charge in [-0.1, -0.05) is 31.2 Å². The molecule has 0 bridgehead atoms. The molecule has 0 unspecified atom stereocenters. The zero-order valence-electron chi connectivity index (χ0n) is 12.9. The van der Waals surface area contributed by atoms with Crippen LogP contribution >= 0.6 is 0 Å². The standard InChI is InChI=1S/C17H26N2O/c1-4-13-5-7-14(8-6-13)17(2,3)16(20)19-11-9-15(18)10-12-19/h5-8,15H,4,9-12,18H2,1-3H3. The summed E-state index contributed by atoms with van der Waals surface area (Å²) < 4.78 is 0. The molecule has 0 saturated carbocycles. The van der Waals surface area contributed by atoms with Crippen molar-refractivity contribution in [2.45, 2.75) is 51.5 Å². The monoisotopic (exact) mass is 274 g/mol. The molecular weight excluding hydrogens is 248 g/mol. The van der Waals surface area contributed by atoms with Gasteiger partial charge in [0.05, 0.1) is 5.41 Å². The summed E-state index contributed by atoms with van der Waals surface area (Å²) in [6.07, 6.45) is 2.85. The fraction of sp³-hybridized carbons (Fsp3) is 0.588. The van der Waals surface area contributed by atoms with Gasteiger partial charge in [0, 0.05) is 19.1 Å². The second kappa shape index (κ2) is 5.96. The smallest absolute Gasteiger partial charge is 0.232 e. The average Bonchev–Trinajstić information content (AvgIpc) is 2.47. The minimum absolute atomic E-state index is 0.216. The third-order valence-electron chi connectivity index (χ3n) is 4.45. The van der Waals surface area contributed by atoms with Gasteiger partial charge in [-0.3, -0.25) is 4.79 Å². The van der Waals surface area contributed by atoms with Gasteiger partial charge in [-0.2, -0.15) is 0 Å². The van der Waals surface area contributed by atoms with E-state index in [9.17, 15) is 4.79 Å². The normalized spacial score (nSPS) is 17.3. The highest BCUT2D eigenvalue weighted by atomic mass is 16.2. The first kappa shape index (κ1) is 15.0. The van der Waals surface area contributed by atoms with E-state index in [-0.39, 0.29) is 11.9 Å². The van der Waals surface area contributed by atoms with Gasteiger partial charge in [0.2, 0.25) is 5.91 Å². The third kappa shape index (κ3) is 3.04. The molecule has 2 rings (SSSR count). The first-order valence-electron chi connectivity index (χ1n) is 7.59. The van der Waals surface area contributed by atoms with E-state index < -0.39 is 5.41 Å². The molecule has 1 saturated heterocycles. The van der Waals surface area contributed by atoms with E-state index in [1.807, 2.05) is 18.7 Å². The number of nitrogens with two attached hydrogens (primary N) is 1. The Hall–Kier alpha value is -1.35. The first-order chi connectivity index (χ1) is 9.45. The van der Waals surface area contributed by atoms with Crippen LogP contribution in [0.1, 0.15) is 44.7 Å². The minimum Gasteiger partial charge on any atom is -0.342 e. The number of rotatable bonds is 3. The van der Waals surface area contributed by atoms with Crippen molar-refractivity contribution >= 4 is 5.91 Å². The number of nitrogens with zero attached hydrogens (tertiary/aromatic N) is 1. The van der Waals surface area contributed by atoms with Gasteiger partial charge < -0.3 is 10.6 Å². The molecule has 3 nitrogen and oxygen atoms in total. The summed E-state index contributed by atoms with van der Waals surface area (Å²) in [5.74, 6) is 0.216. The minimum atomic E-state index is -0.465. The molecule has 0 aliphatic carbocycles. The number of hydrogen-bond acceptors (Lipinski definition) is 2. The van der Waals surface area contributed by atoms with Crippen molar-refractivity contribution in [1.29, 1.82) is 0 Å². The second-order valence-corrected chi connectivity index (χ2v) is 6.31. The van der Waals surface area contributed by atoms with Crippen LogP contribution < -0.4 is 5.73 Å². The quantitative estimate of drug-likeness (QED) is 0.920. The second-order valence-electron chi connectivity index (χ2n) is 6.31. The molecule has 1 aliphatic heterocycles. The van der Waals surface area contributed by atoms with Crippen molar-refractivity contribution < 1.29 is 4.79 Å². The Morgan fingerprint density at radius 2 is 1.80 bits per heavy atom. The fourth-order valence-corrected chi connectivity index (χ4v) is 2.78. The summed E-state index contributed by atoms with van der Waals surface area (Å²) in [4.78, 5) is 14.7. The number of amides is 1. The van der Waals surface area contributed by atoms with Crippen LogP contribution in [0, 0.1) is 0 Å². The van der Waals surface area contributed by atoms with Crippen LogP contribution in [0.4, 0.5) is 0 Å². The molecule has 0 spiro atoms. The van der Waals surface area contributed by atoms with Crippen LogP contribution in [0.15, 0.2) is 24.3 Å². The maximum Gasteiger partial charge on any atom is 0.232 e. The van der Waals surface area contributed by atoms with Crippen molar-refractivity contribution in [2.24, 2.45) is 5.73 Å². The summed E-state index contributed by atoms with van der Waals surface area (Å²) in [5, 5.41) is 0. The maximum atomic E-state index is 12.8. The van der Waals surface area contributed by atoms with Crippen LogP contribution in [0.3, 0.4) is 0 Å². The molecule has 110 valence electrons. The summed E-state index contributed by atoms with van der Waals surface area (Å²) in [6, 6.07) is 8.68. The predicted octanol–water partition coefficient (Wildman–Crippen LogP) is 2.48. The van der Waals surface area contributed by atoms with Crippen LogP contribution in [-0.4, -0.2) is 29.9 Å². The molecule has 0 atom stereocenters. The molecule has 1 aromatic rings. The lowest BCUT2D eigenvalue weighted by Crippen LogP contribution is -2.49. The maximum absolute atomic E-state index is 12.8. The number of carbonyl (C=O) groups is 1. The van der Waals surface area contributed by atoms with E-state index in [2.05, 4.69) is 31.2 Å². The van der Waals surface area contributed by atoms with E-state index in [0.29, 0.717) is 0 Å². The Morgan fingerprint density at radius 3 is 2.30 bits per heavy atom. The zero-order valence-corrected chi connectivity index (χ0v) is 12.9. The highest BCUT2D eigenvalue weighted by molar-refractivity contribution is 5.87. The lowest BCUT2D eigenvalue weighted by atomic mass is 9.82. The number of benzene rings is 1. The predicted molar refractivity (Wildman–Crippen MR) is 82.6 cm³/mol. The summed E-state index contributed by atoms with van der Waals surface area (Å²) in [6.45, 7) is 7.75. The fourth-order valence-electron chi connectivity index (χ4n) is 2.78. The van der Waals surface area contributed by atoms with Crippen LogP contribution in [0.25, 0.3) is 0 Å². The van der Waals surface area contributed by atoms with Gasteiger partial charge in [0.25, 0.3) is 0 Å². The van der Waals surface area contributed by atoms with E-state index >= 15 is 0 Å². The lowest BCUT2D eigenvalue weighted by molar-refractivity contribution is -0.137. The van der Waals surface area contributed by atoms with Gasteiger partial charge in [-0.15, -0.1) is 0 Å². The Balaban J connectivity index is 2.13. The molecule has 1 aliphatic rings. The number of likely N-dealkylation sites (tertiary alicyclic amines) is 1. The number of carbonyl (C=O) groups excluding carboxylic acids is 1. The Morgan fingerprint density at radius 1 is 1.25 bits per heavy atom. The molecule has 1 fully saturated rings. The zero-order chi connectivity index (χ0) is 14.8. The van der Waals surface area contributed by atoms with Gasteiger partial charge in [0.15, 0.2) is 0 Å². The molecular formula is C17H26N2O. The van der Waals surface area contributed by atoms with Crippen LogP contribution in [-0.2, 0) is 16.6 Å². The van der Waals surface area contributed by atoms with Crippen LogP contribution in [0.2, 0.25) is 0 Å². The highest BCUT2D eigenvalue weighted by Crippen LogP contribution is 2.27. The average molecular weight is 274 g/mol. The van der Waals surface area contributed by atoms with Gasteiger partial charge in [-0.25, -0.2) is 0 Å². The van der Waals surface area contributed by atoms with Crippen LogP contribution in [0.5, 0.6) is 0 Å². The summed E-state index contributed by atoms with van der Waals surface area (Å²) >= 11 is 0. The molecule has 1 heterocycles. The summed E-state index contributed by atoms with van der Waals surface area (Å²) in [5.41, 5.74) is 7.85. The topological polar surface area (TPSA) is 46.3 Å². The molecule has 0 radical (unpaired) electrons. The first-order valence-corrected chi connectivity index (χ1v) is 7.59. The lowest BCUT2D eigenvalue weighted by Gasteiger charge is -2.36. The Bertz CT molecular complexity index is 456. The molecule has 20 heavy (non-hydrogen) atoms. The van der Waals surface area contributed by atoms with Gasteiger partial charge >= 0.3 is 0 Å². The van der Waals surface area contributed by atoms with E-state index in [1.165, 1.54) is 5.56 Å².